The van der Waals surface area contributed by atoms with Crippen molar-refractivity contribution in [3.05, 3.63) is 29.0 Å². The van der Waals surface area contributed by atoms with Crippen LogP contribution >= 0.6 is 11.6 Å². The molecule has 0 aliphatic rings. The van der Waals surface area contributed by atoms with E-state index in [0.29, 0.717) is 11.4 Å². The van der Waals surface area contributed by atoms with Crippen LogP contribution in [-0.2, 0) is 4.79 Å². The smallest absolute Gasteiger partial charge is 0.228 e. The Bertz CT molecular complexity index is 380. The Kier molecular flexibility index (Phi) is 4.71. The van der Waals surface area contributed by atoms with Gasteiger partial charge in [-0.05, 0) is 24.6 Å². The molecule has 0 saturated carbocycles. The summed E-state index contributed by atoms with van der Waals surface area (Å²) in [5.41, 5.74) is 5.51. The molecule has 1 amide bonds. The molecule has 0 spiro atoms. The molecule has 88 valence electrons. The molecule has 1 rings (SSSR count). The van der Waals surface area contributed by atoms with Crippen LogP contribution in [-0.4, -0.2) is 12.5 Å². The summed E-state index contributed by atoms with van der Waals surface area (Å²) in [5, 5.41) is 2.85. The molecular formula is C11H14ClFN2O. The second-order valence-electron chi connectivity index (χ2n) is 3.45. The Balaban J connectivity index is 2.80. The molecule has 0 bridgehead atoms. The molecule has 5 heteroatoms. The van der Waals surface area contributed by atoms with E-state index in [-0.39, 0.29) is 24.1 Å². The summed E-state index contributed by atoms with van der Waals surface area (Å²) in [6.45, 7) is 2.09. The van der Waals surface area contributed by atoms with Gasteiger partial charge < -0.3 is 11.1 Å². The molecule has 0 aromatic heterocycles. The van der Waals surface area contributed by atoms with Crippen molar-refractivity contribution >= 4 is 23.2 Å². The van der Waals surface area contributed by atoms with E-state index in [0.717, 1.165) is 0 Å². The van der Waals surface area contributed by atoms with Gasteiger partial charge in [-0.1, -0.05) is 18.5 Å². The van der Waals surface area contributed by atoms with Crippen molar-refractivity contribution in [2.24, 2.45) is 11.7 Å². The molecule has 3 nitrogen and oxygen atoms in total. The Hall–Kier alpha value is -1.13. The number of carbonyl (C=O) groups is 1. The van der Waals surface area contributed by atoms with Gasteiger partial charge in [0.25, 0.3) is 0 Å². The van der Waals surface area contributed by atoms with Crippen molar-refractivity contribution in [2.75, 3.05) is 11.9 Å². The van der Waals surface area contributed by atoms with Crippen molar-refractivity contribution in [1.29, 1.82) is 0 Å². The van der Waals surface area contributed by atoms with Gasteiger partial charge in [0.15, 0.2) is 0 Å². The van der Waals surface area contributed by atoms with Crippen LogP contribution in [0.15, 0.2) is 18.2 Å². The summed E-state index contributed by atoms with van der Waals surface area (Å²) in [4.78, 5) is 11.6. The van der Waals surface area contributed by atoms with E-state index in [4.69, 9.17) is 17.3 Å². The van der Waals surface area contributed by atoms with Crippen LogP contribution in [0.2, 0.25) is 5.02 Å². The van der Waals surface area contributed by atoms with Crippen LogP contribution in [0.3, 0.4) is 0 Å². The van der Waals surface area contributed by atoms with Crippen LogP contribution < -0.4 is 11.1 Å². The molecule has 0 radical (unpaired) electrons. The quantitative estimate of drug-likeness (QED) is 0.855. The standard InChI is InChI=1S/C11H14ClFN2O/c1-2-7(6-14)11(16)15-10-5-8(12)3-4-9(10)13/h3-5,7H,2,6,14H2,1H3,(H,15,16). The Morgan fingerprint density at radius 3 is 2.88 bits per heavy atom. The lowest BCUT2D eigenvalue weighted by Gasteiger charge is -2.13. The zero-order chi connectivity index (χ0) is 12.1. The predicted molar refractivity (Wildman–Crippen MR) is 62.9 cm³/mol. The summed E-state index contributed by atoms with van der Waals surface area (Å²) in [6.07, 6.45) is 0.616. The normalized spacial score (nSPS) is 12.2. The van der Waals surface area contributed by atoms with Crippen LogP contribution in [0.4, 0.5) is 10.1 Å². The van der Waals surface area contributed by atoms with Gasteiger partial charge >= 0.3 is 0 Å². The Morgan fingerprint density at radius 2 is 2.31 bits per heavy atom. The number of rotatable bonds is 4. The minimum absolute atomic E-state index is 0.0874. The maximum atomic E-state index is 13.3. The van der Waals surface area contributed by atoms with Gasteiger partial charge in [-0.15, -0.1) is 0 Å². The topological polar surface area (TPSA) is 55.1 Å². The third-order valence-electron chi connectivity index (χ3n) is 2.33. The van der Waals surface area contributed by atoms with Gasteiger partial charge in [-0.25, -0.2) is 4.39 Å². The molecule has 0 heterocycles. The maximum absolute atomic E-state index is 13.3. The highest BCUT2D eigenvalue weighted by molar-refractivity contribution is 6.30. The molecule has 0 saturated heterocycles. The zero-order valence-corrected chi connectivity index (χ0v) is 9.72. The second kappa shape index (κ2) is 5.82. The minimum Gasteiger partial charge on any atom is -0.330 e. The number of benzene rings is 1. The van der Waals surface area contributed by atoms with Crippen LogP contribution in [0.25, 0.3) is 0 Å². The summed E-state index contributed by atoms with van der Waals surface area (Å²) >= 11 is 5.70. The molecular weight excluding hydrogens is 231 g/mol. The van der Waals surface area contributed by atoms with E-state index >= 15 is 0 Å². The third-order valence-corrected chi connectivity index (χ3v) is 2.57. The van der Waals surface area contributed by atoms with Crippen LogP contribution in [0.5, 0.6) is 0 Å². The highest BCUT2D eigenvalue weighted by Crippen LogP contribution is 2.20. The highest BCUT2D eigenvalue weighted by Gasteiger charge is 2.16. The fraction of sp³-hybridized carbons (Fsp3) is 0.364. The van der Waals surface area contributed by atoms with Gasteiger partial charge in [-0.3, -0.25) is 4.79 Å². The zero-order valence-electron chi connectivity index (χ0n) is 8.97. The number of hydrogen-bond acceptors (Lipinski definition) is 2. The highest BCUT2D eigenvalue weighted by atomic mass is 35.5. The molecule has 1 aromatic carbocycles. The van der Waals surface area contributed by atoms with E-state index < -0.39 is 5.82 Å². The molecule has 1 unspecified atom stereocenters. The molecule has 0 fully saturated rings. The molecule has 0 aliphatic heterocycles. The van der Waals surface area contributed by atoms with Crippen LogP contribution in [0.1, 0.15) is 13.3 Å². The molecule has 3 N–H and O–H groups in total. The first-order chi connectivity index (χ1) is 7.58. The van der Waals surface area contributed by atoms with Crippen molar-refractivity contribution in [2.45, 2.75) is 13.3 Å². The van der Waals surface area contributed by atoms with Crippen molar-refractivity contribution in [3.63, 3.8) is 0 Å². The van der Waals surface area contributed by atoms with Crippen LogP contribution in [0, 0.1) is 11.7 Å². The molecule has 1 atom stereocenters. The van der Waals surface area contributed by atoms with Crippen molar-refractivity contribution < 1.29 is 9.18 Å². The maximum Gasteiger partial charge on any atom is 0.228 e. The van der Waals surface area contributed by atoms with Gasteiger partial charge in [0.1, 0.15) is 5.82 Å². The first-order valence-corrected chi connectivity index (χ1v) is 5.42. The number of nitrogens with two attached hydrogens (primary N) is 1. The first kappa shape index (κ1) is 12.9. The first-order valence-electron chi connectivity index (χ1n) is 5.04. The Labute approximate surface area is 98.8 Å². The number of anilines is 1. The summed E-state index contributed by atoms with van der Waals surface area (Å²) in [7, 11) is 0. The summed E-state index contributed by atoms with van der Waals surface area (Å²) in [5.74, 6) is -1.10. The minimum atomic E-state index is -0.510. The number of nitrogens with one attached hydrogen (secondary N) is 1. The fourth-order valence-corrected chi connectivity index (χ4v) is 1.46. The van der Waals surface area contributed by atoms with Gasteiger partial charge in [0.2, 0.25) is 5.91 Å². The molecule has 16 heavy (non-hydrogen) atoms. The monoisotopic (exact) mass is 244 g/mol. The van der Waals surface area contributed by atoms with Gasteiger partial charge in [-0.2, -0.15) is 0 Å². The van der Waals surface area contributed by atoms with Crippen molar-refractivity contribution in [1.82, 2.24) is 0 Å². The molecule has 1 aromatic rings. The van der Waals surface area contributed by atoms with E-state index in [2.05, 4.69) is 5.32 Å². The largest absolute Gasteiger partial charge is 0.330 e. The lowest BCUT2D eigenvalue weighted by molar-refractivity contribution is -0.119. The summed E-state index contributed by atoms with van der Waals surface area (Å²) < 4.78 is 13.3. The van der Waals surface area contributed by atoms with E-state index in [1.54, 1.807) is 0 Å². The fourth-order valence-electron chi connectivity index (χ4n) is 1.29. The van der Waals surface area contributed by atoms with E-state index in [1.807, 2.05) is 6.92 Å². The number of halogens is 2. The lowest BCUT2D eigenvalue weighted by Crippen LogP contribution is -2.28. The summed E-state index contributed by atoms with van der Waals surface area (Å²) in [6, 6.07) is 4.01. The number of hydrogen-bond donors (Lipinski definition) is 2. The van der Waals surface area contributed by atoms with Crippen molar-refractivity contribution in [3.8, 4) is 0 Å². The van der Waals surface area contributed by atoms with E-state index in [1.165, 1.54) is 18.2 Å². The number of carbonyl (C=O) groups excluding carboxylic acids is 1. The second-order valence-corrected chi connectivity index (χ2v) is 3.89. The average Bonchev–Trinajstić information content (AvgIpc) is 2.25. The SMILES string of the molecule is CCC(CN)C(=O)Nc1cc(Cl)ccc1F. The van der Waals surface area contributed by atoms with Gasteiger partial charge in [0.05, 0.1) is 11.6 Å². The average molecular weight is 245 g/mol. The number of amides is 1. The molecule has 0 aliphatic carbocycles. The predicted octanol–water partition coefficient (Wildman–Crippen LogP) is 2.40. The van der Waals surface area contributed by atoms with E-state index in [9.17, 15) is 9.18 Å². The lowest BCUT2D eigenvalue weighted by atomic mass is 10.1. The van der Waals surface area contributed by atoms with Gasteiger partial charge in [0, 0.05) is 11.6 Å². The third kappa shape index (κ3) is 3.18. The Morgan fingerprint density at radius 1 is 1.62 bits per heavy atom.